The van der Waals surface area contributed by atoms with Crippen molar-refractivity contribution < 1.29 is 0 Å². The lowest BCUT2D eigenvalue weighted by molar-refractivity contribution is 0.647. The Morgan fingerprint density at radius 1 is 1.36 bits per heavy atom. The second-order valence-corrected chi connectivity index (χ2v) is 4.26. The number of benzene rings is 1. The van der Waals surface area contributed by atoms with Crippen molar-refractivity contribution in [1.82, 2.24) is 0 Å². The fourth-order valence-corrected chi connectivity index (χ4v) is 1.59. The molecule has 0 amide bonds. The SMILES string of the molecule is C=C(CC)c1cccc(CC(C)C)c1. The summed E-state index contributed by atoms with van der Waals surface area (Å²) in [6.45, 7) is 10.7. The minimum Gasteiger partial charge on any atom is -0.0952 e. The van der Waals surface area contributed by atoms with E-state index in [1.54, 1.807) is 0 Å². The molecule has 0 aromatic heterocycles. The van der Waals surface area contributed by atoms with E-state index in [1.165, 1.54) is 16.7 Å². The first-order valence-electron chi connectivity index (χ1n) is 5.40. The van der Waals surface area contributed by atoms with Crippen LogP contribution in [0.25, 0.3) is 5.57 Å². The maximum absolute atomic E-state index is 4.06. The van der Waals surface area contributed by atoms with E-state index in [4.69, 9.17) is 0 Å². The van der Waals surface area contributed by atoms with Gasteiger partial charge in [0, 0.05) is 0 Å². The van der Waals surface area contributed by atoms with Crippen molar-refractivity contribution >= 4 is 5.57 Å². The molecule has 1 rings (SSSR count). The van der Waals surface area contributed by atoms with Gasteiger partial charge in [0.1, 0.15) is 0 Å². The van der Waals surface area contributed by atoms with E-state index in [1.807, 2.05) is 0 Å². The highest BCUT2D eigenvalue weighted by molar-refractivity contribution is 5.63. The lowest BCUT2D eigenvalue weighted by Crippen LogP contribution is -1.94. The van der Waals surface area contributed by atoms with Crippen LogP contribution < -0.4 is 0 Å². The standard InChI is InChI=1S/C14H20/c1-5-12(4)14-8-6-7-13(10-14)9-11(2)3/h6-8,10-11H,4-5,9H2,1-3H3. The van der Waals surface area contributed by atoms with Gasteiger partial charge in [-0.2, -0.15) is 0 Å². The first-order chi connectivity index (χ1) is 6.63. The predicted molar refractivity (Wildman–Crippen MR) is 64.3 cm³/mol. The number of rotatable bonds is 4. The average molecular weight is 188 g/mol. The van der Waals surface area contributed by atoms with Crippen LogP contribution in [-0.4, -0.2) is 0 Å². The molecule has 0 heterocycles. The lowest BCUT2D eigenvalue weighted by Gasteiger charge is -2.08. The molecule has 0 bridgehead atoms. The molecule has 0 saturated heterocycles. The summed E-state index contributed by atoms with van der Waals surface area (Å²) in [5.74, 6) is 0.722. The Morgan fingerprint density at radius 2 is 2.07 bits per heavy atom. The summed E-state index contributed by atoms with van der Waals surface area (Å²) in [5, 5.41) is 0. The first-order valence-corrected chi connectivity index (χ1v) is 5.40. The van der Waals surface area contributed by atoms with Crippen LogP contribution in [0.15, 0.2) is 30.8 Å². The van der Waals surface area contributed by atoms with Crippen molar-refractivity contribution in [2.45, 2.75) is 33.6 Å². The zero-order chi connectivity index (χ0) is 10.6. The van der Waals surface area contributed by atoms with Crippen molar-refractivity contribution in [2.75, 3.05) is 0 Å². The van der Waals surface area contributed by atoms with Gasteiger partial charge in [0.25, 0.3) is 0 Å². The molecule has 0 unspecified atom stereocenters. The highest BCUT2D eigenvalue weighted by Gasteiger charge is 2.00. The van der Waals surface area contributed by atoms with Crippen LogP contribution in [0.1, 0.15) is 38.3 Å². The fraction of sp³-hybridized carbons (Fsp3) is 0.429. The van der Waals surface area contributed by atoms with Crippen molar-refractivity contribution in [3.8, 4) is 0 Å². The summed E-state index contributed by atoms with van der Waals surface area (Å²) >= 11 is 0. The quantitative estimate of drug-likeness (QED) is 0.660. The maximum atomic E-state index is 4.06. The van der Waals surface area contributed by atoms with Gasteiger partial charge in [-0.1, -0.05) is 51.6 Å². The third kappa shape index (κ3) is 3.02. The molecule has 0 aliphatic rings. The van der Waals surface area contributed by atoms with Crippen LogP contribution in [-0.2, 0) is 6.42 Å². The van der Waals surface area contributed by atoms with Gasteiger partial charge >= 0.3 is 0 Å². The Balaban J connectivity index is 2.84. The van der Waals surface area contributed by atoms with Crippen LogP contribution in [0.2, 0.25) is 0 Å². The minimum atomic E-state index is 0.722. The van der Waals surface area contributed by atoms with Gasteiger partial charge < -0.3 is 0 Å². The Bertz CT molecular complexity index is 308. The van der Waals surface area contributed by atoms with Gasteiger partial charge in [-0.25, -0.2) is 0 Å². The summed E-state index contributed by atoms with van der Waals surface area (Å²) in [5.41, 5.74) is 3.95. The Labute approximate surface area is 87.7 Å². The molecule has 0 fully saturated rings. The second kappa shape index (κ2) is 4.99. The van der Waals surface area contributed by atoms with Crippen LogP contribution in [0, 0.1) is 5.92 Å². The third-order valence-corrected chi connectivity index (χ3v) is 2.41. The molecule has 76 valence electrons. The van der Waals surface area contributed by atoms with Gasteiger partial charge in [-0.15, -0.1) is 0 Å². The van der Waals surface area contributed by atoms with Gasteiger partial charge in [0.2, 0.25) is 0 Å². The average Bonchev–Trinajstić information content (AvgIpc) is 2.16. The fourth-order valence-electron chi connectivity index (χ4n) is 1.59. The number of hydrogen-bond acceptors (Lipinski definition) is 0. The van der Waals surface area contributed by atoms with E-state index in [2.05, 4.69) is 51.6 Å². The van der Waals surface area contributed by atoms with Crippen molar-refractivity contribution in [2.24, 2.45) is 5.92 Å². The Morgan fingerprint density at radius 3 is 2.64 bits per heavy atom. The summed E-state index contributed by atoms with van der Waals surface area (Å²) in [4.78, 5) is 0. The molecule has 0 heteroatoms. The molecule has 0 radical (unpaired) electrons. The Kier molecular flexibility index (Phi) is 3.94. The molecule has 0 aliphatic heterocycles. The summed E-state index contributed by atoms with van der Waals surface area (Å²) < 4.78 is 0. The first kappa shape index (κ1) is 11.0. The van der Waals surface area contributed by atoms with E-state index >= 15 is 0 Å². The molecule has 0 saturated carbocycles. The van der Waals surface area contributed by atoms with Gasteiger partial charge in [-0.3, -0.25) is 0 Å². The van der Waals surface area contributed by atoms with E-state index in [9.17, 15) is 0 Å². The molecule has 0 spiro atoms. The molecule has 1 aromatic carbocycles. The van der Waals surface area contributed by atoms with Gasteiger partial charge in [0.05, 0.1) is 0 Å². The van der Waals surface area contributed by atoms with Crippen molar-refractivity contribution in [1.29, 1.82) is 0 Å². The van der Waals surface area contributed by atoms with Crippen LogP contribution >= 0.6 is 0 Å². The minimum absolute atomic E-state index is 0.722. The molecule has 14 heavy (non-hydrogen) atoms. The Hall–Kier alpha value is -1.04. The largest absolute Gasteiger partial charge is 0.0952 e. The topological polar surface area (TPSA) is 0 Å². The molecule has 0 atom stereocenters. The van der Waals surface area contributed by atoms with E-state index in [0.717, 1.165) is 18.8 Å². The summed E-state index contributed by atoms with van der Waals surface area (Å²) in [7, 11) is 0. The highest BCUT2D eigenvalue weighted by Crippen LogP contribution is 2.18. The van der Waals surface area contributed by atoms with Crippen LogP contribution in [0.5, 0.6) is 0 Å². The zero-order valence-electron chi connectivity index (χ0n) is 9.51. The molecular weight excluding hydrogens is 168 g/mol. The molecule has 1 aromatic rings. The molecule has 0 N–H and O–H groups in total. The van der Waals surface area contributed by atoms with Crippen molar-refractivity contribution in [3.05, 3.63) is 42.0 Å². The third-order valence-electron chi connectivity index (χ3n) is 2.41. The van der Waals surface area contributed by atoms with Gasteiger partial charge in [0.15, 0.2) is 0 Å². The van der Waals surface area contributed by atoms with E-state index < -0.39 is 0 Å². The monoisotopic (exact) mass is 188 g/mol. The number of hydrogen-bond donors (Lipinski definition) is 0. The molecule has 0 aliphatic carbocycles. The smallest absolute Gasteiger partial charge is 0.0228 e. The number of allylic oxidation sites excluding steroid dienone is 1. The van der Waals surface area contributed by atoms with E-state index in [0.29, 0.717) is 0 Å². The lowest BCUT2D eigenvalue weighted by atomic mass is 9.98. The van der Waals surface area contributed by atoms with Crippen LogP contribution in [0.4, 0.5) is 0 Å². The van der Waals surface area contributed by atoms with Gasteiger partial charge in [-0.05, 0) is 35.5 Å². The van der Waals surface area contributed by atoms with Crippen molar-refractivity contribution in [3.63, 3.8) is 0 Å². The molecular formula is C14H20. The zero-order valence-corrected chi connectivity index (χ0v) is 9.51. The van der Waals surface area contributed by atoms with Crippen LogP contribution in [0.3, 0.4) is 0 Å². The highest BCUT2D eigenvalue weighted by atomic mass is 14.1. The summed E-state index contributed by atoms with van der Waals surface area (Å²) in [6, 6.07) is 8.75. The predicted octanol–water partition coefficient (Wildman–Crippen LogP) is 4.31. The van der Waals surface area contributed by atoms with E-state index in [-0.39, 0.29) is 0 Å². The second-order valence-electron chi connectivity index (χ2n) is 4.26. The normalized spacial score (nSPS) is 10.6. The maximum Gasteiger partial charge on any atom is -0.0228 e. The molecule has 0 nitrogen and oxygen atoms in total. The summed E-state index contributed by atoms with van der Waals surface area (Å²) in [6.07, 6.45) is 2.19.